The first-order valence-corrected chi connectivity index (χ1v) is 4.08. The van der Waals surface area contributed by atoms with E-state index in [0.29, 0.717) is 11.1 Å². The monoisotopic (exact) mass is 189 g/mol. The molecular formula is C10H11N3O. The molecule has 0 saturated carbocycles. The van der Waals surface area contributed by atoms with E-state index >= 15 is 0 Å². The highest BCUT2D eigenvalue weighted by atomic mass is 16.1. The highest BCUT2D eigenvalue weighted by molar-refractivity contribution is 5.85. The Morgan fingerprint density at radius 2 is 1.93 bits per heavy atom. The minimum Gasteiger partial charge on any atom is -0.368 e. The molecule has 4 nitrogen and oxygen atoms in total. The van der Waals surface area contributed by atoms with Crippen molar-refractivity contribution in [1.82, 2.24) is 0 Å². The number of benzene rings is 1. The summed E-state index contributed by atoms with van der Waals surface area (Å²) < 4.78 is 0. The van der Waals surface area contributed by atoms with Crippen molar-refractivity contribution in [2.75, 3.05) is 0 Å². The maximum absolute atomic E-state index is 11.0. The number of primary amides is 1. The smallest absolute Gasteiger partial charge is 0.241 e. The fourth-order valence-electron chi connectivity index (χ4n) is 1.03. The first-order valence-electron chi connectivity index (χ1n) is 4.08. The van der Waals surface area contributed by atoms with E-state index in [-0.39, 0.29) is 0 Å². The van der Waals surface area contributed by atoms with E-state index in [0.717, 1.165) is 0 Å². The molecule has 0 aromatic heterocycles. The van der Waals surface area contributed by atoms with Crippen molar-refractivity contribution in [2.24, 2.45) is 11.5 Å². The van der Waals surface area contributed by atoms with Crippen molar-refractivity contribution in [1.29, 1.82) is 5.26 Å². The normalized spacial score (nSPS) is 14.1. The molecule has 4 heteroatoms. The number of rotatable bonds is 2. The average molecular weight is 189 g/mol. The predicted octanol–water partition coefficient (Wildman–Crippen LogP) is 0.217. The van der Waals surface area contributed by atoms with Gasteiger partial charge in [-0.2, -0.15) is 5.26 Å². The summed E-state index contributed by atoms with van der Waals surface area (Å²) in [5.41, 5.74) is 10.8. The van der Waals surface area contributed by atoms with Crippen molar-refractivity contribution in [3.05, 3.63) is 35.4 Å². The highest BCUT2D eigenvalue weighted by Gasteiger charge is 2.27. The summed E-state index contributed by atoms with van der Waals surface area (Å²) in [7, 11) is 0. The van der Waals surface area contributed by atoms with E-state index in [4.69, 9.17) is 16.7 Å². The van der Waals surface area contributed by atoms with E-state index < -0.39 is 11.4 Å². The van der Waals surface area contributed by atoms with Crippen LogP contribution in [0.4, 0.5) is 0 Å². The van der Waals surface area contributed by atoms with Gasteiger partial charge in [-0.25, -0.2) is 0 Å². The van der Waals surface area contributed by atoms with Gasteiger partial charge in [-0.1, -0.05) is 12.1 Å². The molecule has 1 aromatic rings. The summed E-state index contributed by atoms with van der Waals surface area (Å²) in [6, 6.07) is 8.44. The summed E-state index contributed by atoms with van der Waals surface area (Å²) >= 11 is 0. The minimum absolute atomic E-state index is 0.522. The zero-order valence-corrected chi connectivity index (χ0v) is 7.82. The zero-order valence-electron chi connectivity index (χ0n) is 7.82. The molecule has 0 radical (unpaired) electrons. The summed E-state index contributed by atoms with van der Waals surface area (Å²) in [4.78, 5) is 11.0. The Labute approximate surface area is 82.1 Å². The number of hydrogen-bond donors (Lipinski definition) is 2. The Bertz CT molecular complexity index is 387. The fourth-order valence-corrected chi connectivity index (χ4v) is 1.03. The van der Waals surface area contributed by atoms with Gasteiger partial charge in [-0.05, 0) is 24.6 Å². The van der Waals surface area contributed by atoms with E-state index in [1.165, 1.54) is 6.92 Å². The molecule has 0 aliphatic heterocycles. The molecule has 1 amide bonds. The predicted molar refractivity (Wildman–Crippen MR) is 51.9 cm³/mol. The highest BCUT2D eigenvalue weighted by Crippen LogP contribution is 2.17. The van der Waals surface area contributed by atoms with E-state index in [2.05, 4.69) is 0 Å². The number of hydrogen-bond acceptors (Lipinski definition) is 3. The summed E-state index contributed by atoms with van der Waals surface area (Å²) in [6.45, 7) is 1.54. The van der Waals surface area contributed by atoms with Crippen LogP contribution in [-0.4, -0.2) is 5.91 Å². The maximum Gasteiger partial charge on any atom is 0.241 e. The maximum atomic E-state index is 11.0. The molecule has 1 atom stereocenters. The molecule has 0 saturated heterocycles. The van der Waals surface area contributed by atoms with Crippen LogP contribution in [0.15, 0.2) is 24.3 Å². The third kappa shape index (κ3) is 1.73. The second-order valence-electron chi connectivity index (χ2n) is 3.26. The molecule has 0 unspecified atom stereocenters. The van der Waals surface area contributed by atoms with Crippen LogP contribution in [0.5, 0.6) is 0 Å². The van der Waals surface area contributed by atoms with E-state index in [1.807, 2.05) is 6.07 Å². The lowest BCUT2D eigenvalue weighted by atomic mass is 9.92. The Hall–Kier alpha value is -1.86. The Balaban J connectivity index is 3.10. The summed E-state index contributed by atoms with van der Waals surface area (Å²) in [5, 5.41) is 8.57. The number of amides is 1. The van der Waals surface area contributed by atoms with Crippen LogP contribution >= 0.6 is 0 Å². The fraction of sp³-hybridized carbons (Fsp3) is 0.200. The molecule has 0 aliphatic carbocycles. The molecule has 14 heavy (non-hydrogen) atoms. The van der Waals surface area contributed by atoms with Gasteiger partial charge in [0, 0.05) is 0 Å². The molecule has 0 spiro atoms. The van der Waals surface area contributed by atoms with E-state index in [9.17, 15) is 4.79 Å². The van der Waals surface area contributed by atoms with Crippen molar-refractivity contribution >= 4 is 5.91 Å². The molecule has 72 valence electrons. The lowest BCUT2D eigenvalue weighted by Gasteiger charge is -2.20. The molecule has 1 aromatic carbocycles. The van der Waals surface area contributed by atoms with Crippen LogP contribution in [0.25, 0.3) is 0 Å². The second-order valence-corrected chi connectivity index (χ2v) is 3.26. The van der Waals surface area contributed by atoms with Gasteiger partial charge in [0.15, 0.2) is 0 Å². The average Bonchev–Trinajstić information content (AvgIpc) is 2.17. The number of nitriles is 1. The summed E-state index contributed by atoms with van der Waals surface area (Å²) in [6.07, 6.45) is 0. The quantitative estimate of drug-likeness (QED) is 0.696. The molecule has 4 N–H and O–H groups in total. The summed E-state index contributed by atoms with van der Waals surface area (Å²) in [5.74, 6) is -0.595. The molecule has 0 heterocycles. The van der Waals surface area contributed by atoms with Gasteiger partial charge >= 0.3 is 0 Å². The Morgan fingerprint density at radius 3 is 2.29 bits per heavy atom. The van der Waals surface area contributed by atoms with Gasteiger partial charge in [0.2, 0.25) is 5.91 Å². The van der Waals surface area contributed by atoms with Crippen LogP contribution in [0.1, 0.15) is 18.1 Å². The minimum atomic E-state index is -1.19. The van der Waals surface area contributed by atoms with Crippen LogP contribution in [0.2, 0.25) is 0 Å². The van der Waals surface area contributed by atoms with Gasteiger partial charge in [-0.3, -0.25) is 4.79 Å². The van der Waals surface area contributed by atoms with Crippen LogP contribution in [0.3, 0.4) is 0 Å². The van der Waals surface area contributed by atoms with Gasteiger partial charge in [-0.15, -0.1) is 0 Å². The van der Waals surface area contributed by atoms with Crippen molar-refractivity contribution < 1.29 is 4.79 Å². The number of carbonyl (C=O) groups is 1. The van der Waals surface area contributed by atoms with Crippen LogP contribution < -0.4 is 11.5 Å². The van der Waals surface area contributed by atoms with Gasteiger partial charge in [0.1, 0.15) is 5.54 Å². The van der Waals surface area contributed by atoms with Gasteiger partial charge in [0.25, 0.3) is 0 Å². The van der Waals surface area contributed by atoms with E-state index in [1.54, 1.807) is 24.3 Å². The molecule has 0 bridgehead atoms. The third-order valence-corrected chi connectivity index (χ3v) is 2.13. The number of carbonyl (C=O) groups excluding carboxylic acids is 1. The van der Waals surface area contributed by atoms with Gasteiger partial charge < -0.3 is 11.5 Å². The molecule has 0 fully saturated rings. The second kappa shape index (κ2) is 3.48. The van der Waals surface area contributed by atoms with Crippen LogP contribution in [0, 0.1) is 11.3 Å². The van der Waals surface area contributed by atoms with Crippen molar-refractivity contribution in [3.8, 4) is 6.07 Å². The lowest BCUT2D eigenvalue weighted by molar-refractivity contribution is -0.122. The standard InChI is InChI=1S/C10H11N3O/c1-10(13,9(12)14)8-4-2-7(6-11)3-5-8/h2-5H,13H2,1H3,(H2,12,14)/t10-/m1/s1. The van der Waals surface area contributed by atoms with Crippen LogP contribution in [-0.2, 0) is 10.3 Å². The Kier molecular flexibility index (Phi) is 2.54. The number of nitrogens with two attached hydrogens (primary N) is 2. The van der Waals surface area contributed by atoms with Crippen molar-refractivity contribution in [2.45, 2.75) is 12.5 Å². The SMILES string of the molecule is C[C@](N)(C(N)=O)c1ccc(C#N)cc1. The molecular weight excluding hydrogens is 178 g/mol. The van der Waals surface area contributed by atoms with Gasteiger partial charge in [0.05, 0.1) is 11.6 Å². The first-order chi connectivity index (χ1) is 6.48. The van der Waals surface area contributed by atoms with Crippen molar-refractivity contribution in [3.63, 3.8) is 0 Å². The zero-order chi connectivity index (χ0) is 10.8. The topological polar surface area (TPSA) is 92.9 Å². The molecule has 0 aliphatic rings. The molecule has 1 rings (SSSR count). The largest absolute Gasteiger partial charge is 0.368 e. The Morgan fingerprint density at radius 1 is 1.43 bits per heavy atom. The first kappa shape index (κ1) is 10.2. The third-order valence-electron chi connectivity index (χ3n) is 2.13. The lowest BCUT2D eigenvalue weighted by Crippen LogP contribution is -2.46. The number of nitrogens with zero attached hydrogens (tertiary/aromatic N) is 1.